The number of nitrogens with zero attached hydrogens (tertiary/aromatic N) is 1. The highest BCUT2D eigenvalue weighted by Gasteiger charge is 2.33. The first-order valence-electron chi connectivity index (χ1n) is 12.6. The Labute approximate surface area is 176 Å². The lowest BCUT2D eigenvalue weighted by molar-refractivity contribution is 0.109. The quantitative estimate of drug-likeness (QED) is 0.519. The van der Waals surface area contributed by atoms with Crippen molar-refractivity contribution in [2.75, 3.05) is 13.1 Å². The second-order valence-corrected chi connectivity index (χ2v) is 10.4. The van der Waals surface area contributed by atoms with Gasteiger partial charge in [0, 0.05) is 24.7 Å². The molecule has 0 aromatic rings. The molecule has 0 aromatic heterocycles. The van der Waals surface area contributed by atoms with Crippen molar-refractivity contribution in [3.63, 3.8) is 0 Å². The van der Waals surface area contributed by atoms with Gasteiger partial charge < -0.3 is 5.32 Å². The van der Waals surface area contributed by atoms with Crippen LogP contribution in [0.25, 0.3) is 0 Å². The summed E-state index contributed by atoms with van der Waals surface area (Å²) in [4.78, 5) is 2.76. The van der Waals surface area contributed by atoms with Crippen LogP contribution in [0.2, 0.25) is 0 Å². The summed E-state index contributed by atoms with van der Waals surface area (Å²) >= 11 is 0. The van der Waals surface area contributed by atoms with E-state index >= 15 is 0 Å². The third-order valence-electron chi connectivity index (χ3n) is 8.15. The molecule has 0 spiro atoms. The van der Waals surface area contributed by atoms with E-state index < -0.39 is 0 Å². The summed E-state index contributed by atoms with van der Waals surface area (Å²) in [6.07, 6.45) is 18.5. The molecular weight excluding hydrogens is 340 g/mol. The van der Waals surface area contributed by atoms with Gasteiger partial charge in [-0.05, 0) is 75.7 Å². The molecule has 5 atom stereocenters. The van der Waals surface area contributed by atoms with Gasteiger partial charge in [0.1, 0.15) is 0 Å². The van der Waals surface area contributed by atoms with Crippen LogP contribution in [0.4, 0.5) is 0 Å². The standard InChI is InChI=1S/C26H50N2/c1-7-10-13-24-18-17-23-16-15-22(8-2)21(4)28(9-3)20-25(27-24)14-11-12-19-26(23,5)6/h11,14,21-25,27H,7-10,12-13,15-20H2,1-6H3. The normalized spacial score (nSPS) is 35.4. The second kappa shape index (κ2) is 11.7. The molecule has 1 fully saturated rings. The van der Waals surface area contributed by atoms with Crippen molar-refractivity contribution in [2.45, 2.75) is 124 Å². The number of likely N-dealkylation sites (N-methyl/N-ethyl adjacent to an activating group) is 1. The molecule has 2 nitrogen and oxygen atoms in total. The number of fused-ring (bicyclic) bond motifs is 5. The van der Waals surface area contributed by atoms with Crippen LogP contribution in [-0.2, 0) is 0 Å². The average molecular weight is 391 g/mol. The number of hydrogen-bond donors (Lipinski definition) is 1. The fourth-order valence-electron chi connectivity index (χ4n) is 5.82. The number of hydrogen-bond acceptors (Lipinski definition) is 2. The molecule has 0 aromatic carbocycles. The van der Waals surface area contributed by atoms with E-state index in [1.54, 1.807) is 0 Å². The summed E-state index contributed by atoms with van der Waals surface area (Å²) in [5, 5.41) is 4.11. The van der Waals surface area contributed by atoms with Crippen molar-refractivity contribution < 1.29 is 0 Å². The minimum absolute atomic E-state index is 0.458. The van der Waals surface area contributed by atoms with Crippen LogP contribution in [0.5, 0.6) is 0 Å². The first-order chi connectivity index (χ1) is 13.4. The third kappa shape index (κ3) is 6.87. The molecule has 2 heteroatoms. The Morgan fingerprint density at radius 3 is 2.50 bits per heavy atom. The van der Waals surface area contributed by atoms with E-state index in [4.69, 9.17) is 0 Å². The average Bonchev–Trinajstić information content (AvgIpc) is 2.69. The molecule has 2 heterocycles. The molecule has 1 N–H and O–H groups in total. The van der Waals surface area contributed by atoms with E-state index in [0.29, 0.717) is 23.5 Å². The maximum absolute atomic E-state index is 4.11. The SMILES string of the molecule is CCCCC1CCC2CCC(CC)C(C)N(CC)CC(C=CCCC2(C)C)N1. The van der Waals surface area contributed by atoms with Gasteiger partial charge in [-0.2, -0.15) is 0 Å². The van der Waals surface area contributed by atoms with Gasteiger partial charge in [-0.25, -0.2) is 0 Å². The van der Waals surface area contributed by atoms with Gasteiger partial charge in [0.25, 0.3) is 0 Å². The molecule has 2 aliphatic rings. The molecule has 0 radical (unpaired) electrons. The van der Waals surface area contributed by atoms with Gasteiger partial charge in [0.15, 0.2) is 0 Å². The Bertz CT molecular complexity index is 455. The summed E-state index contributed by atoms with van der Waals surface area (Å²) in [6.45, 7) is 17.0. The maximum atomic E-state index is 4.11. The van der Waals surface area contributed by atoms with Crippen LogP contribution >= 0.6 is 0 Å². The van der Waals surface area contributed by atoms with E-state index in [0.717, 1.165) is 18.4 Å². The first kappa shape index (κ1) is 23.9. The molecule has 1 saturated heterocycles. The van der Waals surface area contributed by atoms with Crippen LogP contribution in [0.15, 0.2) is 12.2 Å². The van der Waals surface area contributed by atoms with Crippen LogP contribution in [0.3, 0.4) is 0 Å². The lowest BCUT2D eigenvalue weighted by Gasteiger charge is -2.40. The molecule has 0 aliphatic carbocycles. The Morgan fingerprint density at radius 1 is 1.07 bits per heavy atom. The van der Waals surface area contributed by atoms with Gasteiger partial charge in [0.05, 0.1) is 0 Å². The Balaban J connectivity index is 2.34. The molecule has 0 amide bonds. The fraction of sp³-hybridized carbons (Fsp3) is 0.923. The van der Waals surface area contributed by atoms with Gasteiger partial charge >= 0.3 is 0 Å². The third-order valence-corrected chi connectivity index (χ3v) is 8.15. The molecule has 164 valence electrons. The summed E-state index contributed by atoms with van der Waals surface area (Å²) < 4.78 is 0. The number of nitrogens with one attached hydrogen (secondary N) is 1. The minimum Gasteiger partial charge on any atom is -0.307 e. The summed E-state index contributed by atoms with van der Waals surface area (Å²) in [5.41, 5.74) is 0.458. The fourth-order valence-corrected chi connectivity index (χ4v) is 5.82. The van der Waals surface area contributed by atoms with Crippen molar-refractivity contribution >= 4 is 0 Å². The topological polar surface area (TPSA) is 15.3 Å². The van der Waals surface area contributed by atoms with Crippen LogP contribution < -0.4 is 5.32 Å². The molecular formula is C26H50N2. The van der Waals surface area contributed by atoms with E-state index in [-0.39, 0.29) is 0 Å². The van der Waals surface area contributed by atoms with Crippen molar-refractivity contribution in [3.05, 3.63) is 12.2 Å². The summed E-state index contributed by atoms with van der Waals surface area (Å²) in [5.74, 6) is 1.69. The smallest absolute Gasteiger partial charge is 0.0380 e. The minimum atomic E-state index is 0.458. The van der Waals surface area contributed by atoms with Gasteiger partial charge in [-0.1, -0.05) is 66.0 Å². The van der Waals surface area contributed by atoms with E-state index in [1.165, 1.54) is 70.8 Å². The predicted octanol–water partition coefficient (Wildman–Crippen LogP) is 6.81. The first-order valence-corrected chi connectivity index (χ1v) is 12.6. The van der Waals surface area contributed by atoms with Crippen LogP contribution in [-0.4, -0.2) is 36.1 Å². The number of allylic oxidation sites excluding steroid dienone is 1. The van der Waals surface area contributed by atoms with E-state index in [2.05, 4.69) is 63.9 Å². The molecule has 28 heavy (non-hydrogen) atoms. The van der Waals surface area contributed by atoms with Crippen LogP contribution in [0.1, 0.15) is 106 Å². The van der Waals surface area contributed by atoms with Crippen molar-refractivity contribution in [3.8, 4) is 0 Å². The molecule has 0 saturated carbocycles. The Kier molecular flexibility index (Phi) is 10.0. The Morgan fingerprint density at radius 2 is 1.82 bits per heavy atom. The second-order valence-electron chi connectivity index (χ2n) is 10.4. The molecule has 2 bridgehead atoms. The zero-order valence-corrected chi connectivity index (χ0v) is 20.0. The van der Waals surface area contributed by atoms with Crippen LogP contribution in [0, 0.1) is 17.3 Å². The van der Waals surface area contributed by atoms with Crippen molar-refractivity contribution in [1.29, 1.82) is 0 Å². The van der Waals surface area contributed by atoms with Gasteiger partial charge in [-0.15, -0.1) is 0 Å². The zero-order valence-electron chi connectivity index (χ0n) is 20.0. The van der Waals surface area contributed by atoms with Gasteiger partial charge in [0.2, 0.25) is 0 Å². The highest BCUT2D eigenvalue weighted by molar-refractivity contribution is 4.99. The molecule has 2 rings (SSSR count). The van der Waals surface area contributed by atoms with Crippen molar-refractivity contribution in [1.82, 2.24) is 10.2 Å². The zero-order chi connectivity index (χ0) is 20.6. The molecule has 5 unspecified atom stereocenters. The molecule has 2 aliphatic heterocycles. The highest BCUT2D eigenvalue weighted by Crippen LogP contribution is 2.40. The van der Waals surface area contributed by atoms with Gasteiger partial charge in [-0.3, -0.25) is 4.90 Å². The lowest BCUT2D eigenvalue weighted by Crippen LogP contribution is -2.49. The summed E-state index contributed by atoms with van der Waals surface area (Å²) in [7, 11) is 0. The Hall–Kier alpha value is -0.340. The monoisotopic (exact) mass is 390 g/mol. The summed E-state index contributed by atoms with van der Waals surface area (Å²) in [6, 6.07) is 1.87. The largest absolute Gasteiger partial charge is 0.307 e. The van der Waals surface area contributed by atoms with Crippen molar-refractivity contribution in [2.24, 2.45) is 17.3 Å². The lowest BCUT2D eigenvalue weighted by atomic mass is 9.69. The number of unbranched alkanes of at least 4 members (excludes halogenated alkanes) is 1. The maximum Gasteiger partial charge on any atom is 0.0380 e. The highest BCUT2D eigenvalue weighted by atomic mass is 15.2. The number of rotatable bonds is 5. The predicted molar refractivity (Wildman–Crippen MR) is 125 cm³/mol. The van der Waals surface area contributed by atoms with E-state index in [9.17, 15) is 0 Å². The van der Waals surface area contributed by atoms with E-state index in [1.807, 2.05) is 0 Å².